The first-order chi connectivity index (χ1) is 5.83. The Balaban J connectivity index is 2.43. The van der Waals surface area contributed by atoms with E-state index in [4.69, 9.17) is 0 Å². The van der Waals surface area contributed by atoms with Crippen molar-refractivity contribution in [3.63, 3.8) is 0 Å². The minimum atomic E-state index is 0.0730. The lowest BCUT2D eigenvalue weighted by Crippen LogP contribution is -1.94. The predicted octanol–water partition coefficient (Wildman–Crippen LogP) is 2.53. The maximum absolute atomic E-state index is 10.8. The van der Waals surface area contributed by atoms with Gasteiger partial charge >= 0.3 is 0 Å². The second-order valence-electron chi connectivity index (χ2n) is 2.27. The van der Waals surface area contributed by atoms with Crippen LogP contribution in [0, 0.1) is 0 Å². The van der Waals surface area contributed by atoms with Crippen LogP contribution in [0.2, 0.25) is 0 Å². The first kappa shape index (κ1) is 9.07. The first-order valence-corrected chi connectivity index (χ1v) is 4.64. The molecule has 1 nitrogen and oxygen atoms in total. The molecule has 0 bridgehead atoms. The zero-order chi connectivity index (χ0) is 8.81. The van der Waals surface area contributed by atoms with E-state index in [0.717, 1.165) is 4.90 Å². The van der Waals surface area contributed by atoms with E-state index in [-0.39, 0.29) is 5.78 Å². The lowest BCUT2D eigenvalue weighted by molar-refractivity contribution is -0.112. The van der Waals surface area contributed by atoms with Gasteiger partial charge in [-0.3, -0.25) is 4.79 Å². The van der Waals surface area contributed by atoms with Gasteiger partial charge in [0.2, 0.25) is 0 Å². The quantitative estimate of drug-likeness (QED) is 0.520. The average molecular weight is 178 g/mol. The topological polar surface area (TPSA) is 17.1 Å². The van der Waals surface area contributed by atoms with Crippen LogP contribution < -0.4 is 0 Å². The second-order valence-corrected chi connectivity index (χ2v) is 3.32. The molecule has 0 aliphatic heterocycles. The lowest BCUT2D eigenvalue weighted by atomic mass is 10.4. The fraction of sp³-hybridized carbons (Fsp3) is 0.100. The number of hydrogen-bond donors (Lipinski definition) is 0. The van der Waals surface area contributed by atoms with Gasteiger partial charge in [0, 0.05) is 4.90 Å². The zero-order valence-electron chi connectivity index (χ0n) is 6.69. The van der Waals surface area contributed by atoms with Gasteiger partial charge in [-0.05, 0) is 18.2 Å². The van der Waals surface area contributed by atoms with Crippen LogP contribution in [-0.2, 0) is 4.79 Å². The number of rotatable bonds is 4. The smallest absolute Gasteiger partial charge is 0.165 e. The Hall–Kier alpha value is -1.02. The van der Waals surface area contributed by atoms with Crippen molar-refractivity contribution in [2.24, 2.45) is 0 Å². The Kier molecular flexibility index (Phi) is 3.61. The fourth-order valence-corrected chi connectivity index (χ4v) is 1.51. The van der Waals surface area contributed by atoms with Crippen molar-refractivity contribution in [2.45, 2.75) is 4.90 Å². The summed E-state index contributed by atoms with van der Waals surface area (Å²) in [6.45, 7) is 3.41. The lowest BCUT2D eigenvalue weighted by Gasteiger charge is -1.96. The molecule has 0 aliphatic carbocycles. The molecule has 2 heteroatoms. The van der Waals surface area contributed by atoms with E-state index in [1.807, 2.05) is 30.3 Å². The van der Waals surface area contributed by atoms with Gasteiger partial charge in [-0.1, -0.05) is 24.8 Å². The Morgan fingerprint density at radius 3 is 2.67 bits per heavy atom. The number of allylic oxidation sites excluding steroid dienone is 1. The molecule has 1 aromatic carbocycles. The van der Waals surface area contributed by atoms with Crippen molar-refractivity contribution >= 4 is 17.5 Å². The van der Waals surface area contributed by atoms with E-state index in [0.29, 0.717) is 5.75 Å². The first-order valence-electron chi connectivity index (χ1n) is 3.66. The molecule has 1 rings (SSSR count). The molecular weight excluding hydrogens is 168 g/mol. The standard InChI is InChI=1S/C10H10OS/c1-2-9(11)8-12-10-6-4-3-5-7-10/h2-7H,1,8H2. The summed E-state index contributed by atoms with van der Waals surface area (Å²) in [5.41, 5.74) is 0. The number of carbonyl (C=O) groups excluding carboxylic acids is 1. The number of ketones is 1. The predicted molar refractivity (Wildman–Crippen MR) is 52.4 cm³/mol. The van der Waals surface area contributed by atoms with Gasteiger partial charge in [0.15, 0.2) is 5.78 Å². The fourth-order valence-electron chi connectivity index (χ4n) is 0.730. The molecule has 0 amide bonds. The number of thioether (sulfide) groups is 1. The highest BCUT2D eigenvalue weighted by Gasteiger charge is 1.96. The maximum atomic E-state index is 10.8. The normalized spacial score (nSPS) is 9.33. The third kappa shape index (κ3) is 2.93. The summed E-state index contributed by atoms with van der Waals surface area (Å²) in [5, 5.41) is 0. The molecule has 0 unspecified atom stereocenters. The van der Waals surface area contributed by atoms with Crippen molar-refractivity contribution in [1.82, 2.24) is 0 Å². The molecule has 0 atom stereocenters. The van der Waals surface area contributed by atoms with Gasteiger partial charge in [0.05, 0.1) is 5.75 Å². The molecule has 0 aromatic heterocycles. The molecule has 0 fully saturated rings. The highest BCUT2D eigenvalue weighted by atomic mass is 32.2. The van der Waals surface area contributed by atoms with Crippen LogP contribution in [0.25, 0.3) is 0 Å². The Bertz CT molecular complexity index is 266. The van der Waals surface area contributed by atoms with Gasteiger partial charge in [0.1, 0.15) is 0 Å². The SMILES string of the molecule is C=CC(=O)CSc1ccccc1. The van der Waals surface area contributed by atoms with Gasteiger partial charge in [-0.15, -0.1) is 11.8 Å². The molecule has 0 aliphatic rings. The van der Waals surface area contributed by atoms with Crippen LogP contribution in [0.15, 0.2) is 47.9 Å². The second kappa shape index (κ2) is 4.78. The maximum Gasteiger partial charge on any atom is 0.165 e. The van der Waals surface area contributed by atoms with Crippen molar-refractivity contribution in [1.29, 1.82) is 0 Å². The van der Waals surface area contributed by atoms with Crippen molar-refractivity contribution in [3.05, 3.63) is 43.0 Å². The zero-order valence-corrected chi connectivity index (χ0v) is 7.51. The molecule has 0 N–H and O–H groups in total. The van der Waals surface area contributed by atoms with Crippen LogP contribution >= 0.6 is 11.8 Å². The molecule has 0 radical (unpaired) electrons. The van der Waals surface area contributed by atoms with Gasteiger partial charge < -0.3 is 0 Å². The molecule has 62 valence electrons. The molecule has 0 saturated heterocycles. The van der Waals surface area contributed by atoms with Crippen molar-refractivity contribution in [3.8, 4) is 0 Å². The minimum Gasteiger partial charge on any atom is -0.294 e. The molecule has 12 heavy (non-hydrogen) atoms. The monoisotopic (exact) mass is 178 g/mol. The summed E-state index contributed by atoms with van der Waals surface area (Å²) < 4.78 is 0. The van der Waals surface area contributed by atoms with E-state index >= 15 is 0 Å². The van der Waals surface area contributed by atoms with E-state index in [1.165, 1.54) is 17.8 Å². The number of hydrogen-bond acceptors (Lipinski definition) is 2. The Morgan fingerprint density at radius 1 is 1.42 bits per heavy atom. The van der Waals surface area contributed by atoms with Crippen LogP contribution in [0.4, 0.5) is 0 Å². The molecule has 1 aromatic rings. The highest BCUT2D eigenvalue weighted by molar-refractivity contribution is 8.00. The Labute approximate surface area is 76.5 Å². The number of benzene rings is 1. The molecule has 0 heterocycles. The summed E-state index contributed by atoms with van der Waals surface area (Å²) in [4.78, 5) is 12.0. The van der Waals surface area contributed by atoms with Crippen LogP contribution in [-0.4, -0.2) is 11.5 Å². The molecule has 0 saturated carbocycles. The minimum absolute atomic E-state index is 0.0730. The van der Waals surface area contributed by atoms with E-state index in [2.05, 4.69) is 6.58 Å². The van der Waals surface area contributed by atoms with Gasteiger partial charge in [-0.25, -0.2) is 0 Å². The van der Waals surface area contributed by atoms with Crippen molar-refractivity contribution < 1.29 is 4.79 Å². The molecular formula is C10H10OS. The third-order valence-electron chi connectivity index (χ3n) is 1.35. The number of carbonyl (C=O) groups is 1. The van der Waals surface area contributed by atoms with E-state index in [1.54, 1.807) is 0 Å². The third-order valence-corrected chi connectivity index (χ3v) is 2.39. The summed E-state index contributed by atoms with van der Waals surface area (Å²) in [6, 6.07) is 9.85. The van der Waals surface area contributed by atoms with E-state index < -0.39 is 0 Å². The van der Waals surface area contributed by atoms with Gasteiger partial charge in [0.25, 0.3) is 0 Å². The van der Waals surface area contributed by atoms with Crippen LogP contribution in [0.1, 0.15) is 0 Å². The Morgan fingerprint density at radius 2 is 2.08 bits per heavy atom. The summed E-state index contributed by atoms with van der Waals surface area (Å²) in [6.07, 6.45) is 1.36. The highest BCUT2D eigenvalue weighted by Crippen LogP contribution is 2.16. The van der Waals surface area contributed by atoms with Gasteiger partial charge in [-0.2, -0.15) is 0 Å². The largest absolute Gasteiger partial charge is 0.294 e. The molecule has 0 spiro atoms. The van der Waals surface area contributed by atoms with Crippen molar-refractivity contribution in [2.75, 3.05) is 5.75 Å². The van der Waals surface area contributed by atoms with Crippen LogP contribution in [0.5, 0.6) is 0 Å². The van der Waals surface area contributed by atoms with Crippen LogP contribution in [0.3, 0.4) is 0 Å². The summed E-state index contributed by atoms with van der Waals surface area (Å²) in [7, 11) is 0. The van der Waals surface area contributed by atoms with E-state index in [9.17, 15) is 4.79 Å². The summed E-state index contributed by atoms with van der Waals surface area (Å²) in [5.74, 6) is 0.553. The average Bonchev–Trinajstić information content (AvgIpc) is 2.16. The summed E-state index contributed by atoms with van der Waals surface area (Å²) >= 11 is 1.53.